The summed E-state index contributed by atoms with van der Waals surface area (Å²) in [4.78, 5) is 0. The molecule has 0 aliphatic carbocycles. The van der Waals surface area contributed by atoms with Gasteiger partial charge in [-0.25, -0.2) is 13.1 Å². The van der Waals surface area contributed by atoms with Crippen LogP contribution in [-0.2, 0) is 10.0 Å². The van der Waals surface area contributed by atoms with Crippen molar-refractivity contribution in [2.75, 3.05) is 20.3 Å². The first-order valence-electron chi connectivity index (χ1n) is 8.39. The Morgan fingerprint density at radius 3 is 2.52 bits per heavy atom. The number of sulfonamides is 1. The van der Waals surface area contributed by atoms with Crippen molar-refractivity contribution >= 4 is 15.7 Å². The minimum atomic E-state index is -3.31. The van der Waals surface area contributed by atoms with Crippen LogP contribution in [0.3, 0.4) is 0 Å². The van der Waals surface area contributed by atoms with Crippen molar-refractivity contribution in [1.29, 1.82) is 0 Å². The van der Waals surface area contributed by atoms with Gasteiger partial charge in [-0.1, -0.05) is 0 Å². The molecule has 3 aromatic rings. The maximum atomic E-state index is 11.7. The Morgan fingerprint density at radius 1 is 1.11 bits per heavy atom. The van der Waals surface area contributed by atoms with Crippen LogP contribution in [0.25, 0.3) is 17.0 Å². The first-order chi connectivity index (χ1) is 12.9. The zero-order chi connectivity index (χ0) is 19.4. The molecule has 9 nitrogen and oxygen atoms in total. The van der Waals surface area contributed by atoms with E-state index in [0.29, 0.717) is 17.4 Å². The van der Waals surface area contributed by atoms with Crippen LogP contribution in [0.2, 0.25) is 0 Å². The predicted octanol–water partition coefficient (Wildman–Crippen LogP) is 1.51. The second-order valence-corrected chi connectivity index (χ2v) is 8.35. The molecule has 144 valence electrons. The molecule has 1 N–H and O–H groups in total. The van der Waals surface area contributed by atoms with Crippen LogP contribution in [0.15, 0.2) is 36.4 Å². The lowest BCUT2D eigenvalue weighted by Crippen LogP contribution is -2.33. The summed E-state index contributed by atoms with van der Waals surface area (Å²) in [5, 5.41) is 12.2. The SMILES string of the molecule is COc1ccc(-c2nnc3ccc(OCCNS(=O)(=O)C(C)C)nn23)cc1. The Bertz CT molecular complexity index is 1020. The molecule has 0 spiro atoms. The fraction of sp³-hybridized carbons (Fsp3) is 0.353. The lowest BCUT2D eigenvalue weighted by molar-refractivity contribution is 0.305. The average Bonchev–Trinajstić information content (AvgIpc) is 3.08. The molecular formula is C17H21N5O4S. The van der Waals surface area contributed by atoms with E-state index in [0.717, 1.165) is 11.3 Å². The van der Waals surface area contributed by atoms with Crippen LogP contribution in [0.1, 0.15) is 13.8 Å². The minimum absolute atomic E-state index is 0.157. The van der Waals surface area contributed by atoms with Gasteiger partial charge in [-0.15, -0.1) is 15.3 Å². The monoisotopic (exact) mass is 391 g/mol. The van der Waals surface area contributed by atoms with E-state index >= 15 is 0 Å². The summed E-state index contributed by atoms with van der Waals surface area (Å²) in [5.74, 6) is 1.66. The molecule has 0 aliphatic rings. The Hall–Kier alpha value is -2.72. The molecule has 0 aliphatic heterocycles. The summed E-state index contributed by atoms with van der Waals surface area (Å²) >= 11 is 0. The number of hydrogen-bond acceptors (Lipinski definition) is 7. The number of hydrogen-bond donors (Lipinski definition) is 1. The van der Waals surface area contributed by atoms with E-state index in [4.69, 9.17) is 9.47 Å². The molecule has 27 heavy (non-hydrogen) atoms. The first-order valence-corrected chi connectivity index (χ1v) is 9.93. The van der Waals surface area contributed by atoms with E-state index in [1.165, 1.54) is 0 Å². The highest BCUT2D eigenvalue weighted by Gasteiger charge is 2.15. The Labute approximate surface area is 157 Å². The number of ether oxygens (including phenoxy) is 2. The molecule has 0 saturated heterocycles. The zero-order valence-electron chi connectivity index (χ0n) is 15.3. The second-order valence-electron chi connectivity index (χ2n) is 6.03. The molecule has 0 amide bonds. The van der Waals surface area contributed by atoms with Gasteiger partial charge in [-0.3, -0.25) is 0 Å². The van der Waals surface area contributed by atoms with Gasteiger partial charge in [0.05, 0.1) is 12.4 Å². The number of aromatic nitrogens is 4. The van der Waals surface area contributed by atoms with Crippen LogP contribution >= 0.6 is 0 Å². The van der Waals surface area contributed by atoms with Gasteiger partial charge in [0.25, 0.3) is 0 Å². The minimum Gasteiger partial charge on any atom is -0.497 e. The molecule has 0 bridgehead atoms. The number of nitrogens with one attached hydrogen (secondary N) is 1. The molecule has 0 unspecified atom stereocenters. The number of benzene rings is 1. The van der Waals surface area contributed by atoms with E-state index in [9.17, 15) is 8.42 Å². The summed E-state index contributed by atoms with van der Waals surface area (Å²) in [6, 6.07) is 10.8. The molecule has 1 aromatic carbocycles. The summed E-state index contributed by atoms with van der Waals surface area (Å²) in [6.45, 7) is 3.55. The van der Waals surface area contributed by atoms with Crippen molar-refractivity contribution in [3.63, 3.8) is 0 Å². The van der Waals surface area contributed by atoms with E-state index in [1.807, 2.05) is 24.3 Å². The van der Waals surface area contributed by atoms with Gasteiger partial charge >= 0.3 is 0 Å². The molecule has 0 saturated carbocycles. The lowest BCUT2D eigenvalue weighted by Gasteiger charge is -2.10. The normalized spacial score (nSPS) is 11.9. The largest absolute Gasteiger partial charge is 0.497 e. The molecule has 10 heteroatoms. The van der Waals surface area contributed by atoms with Crippen molar-refractivity contribution in [3.05, 3.63) is 36.4 Å². The van der Waals surface area contributed by atoms with E-state index in [2.05, 4.69) is 20.0 Å². The van der Waals surface area contributed by atoms with Crippen molar-refractivity contribution in [1.82, 2.24) is 24.5 Å². The van der Waals surface area contributed by atoms with Crippen molar-refractivity contribution in [3.8, 4) is 23.0 Å². The first kappa shape index (κ1) is 19.1. The van der Waals surface area contributed by atoms with E-state index < -0.39 is 15.3 Å². The van der Waals surface area contributed by atoms with Crippen molar-refractivity contribution in [2.24, 2.45) is 0 Å². The summed E-state index contributed by atoms with van der Waals surface area (Å²) in [6.07, 6.45) is 0. The zero-order valence-corrected chi connectivity index (χ0v) is 16.1. The van der Waals surface area contributed by atoms with Crippen molar-refractivity contribution in [2.45, 2.75) is 19.1 Å². The highest BCUT2D eigenvalue weighted by atomic mass is 32.2. The quantitative estimate of drug-likeness (QED) is 0.580. The van der Waals surface area contributed by atoms with Gasteiger partial charge in [0.2, 0.25) is 15.9 Å². The number of rotatable bonds is 8. The summed E-state index contributed by atoms with van der Waals surface area (Å²) < 4.78 is 38.2. The Balaban J connectivity index is 1.73. The van der Waals surface area contributed by atoms with Crippen LogP contribution in [0.4, 0.5) is 0 Å². The molecule has 3 rings (SSSR count). The van der Waals surface area contributed by atoms with E-state index in [1.54, 1.807) is 37.6 Å². The van der Waals surface area contributed by atoms with Gasteiger partial charge in [-0.05, 0) is 44.2 Å². The maximum Gasteiger partial charge on any atom is 0.231 e. The third kappa shape index (κ3) is 4.34. The standard InChI is InChI=1S/C17H21N5O4S/c1-12(2)27(23,24)18-10-11-26-16-9-8-15-19-20-17(22(15)21-16)13-4-6-14(25-3)7-5-13/h4-9,12,18H,10-11H2,1-3H3. The van der Waals surface area contributed by atoms with Crippen LogP contribution in [0, 0.1) is 0 Å². The van der Waals surface area contributed by atoms with Gasteiger partial charge in [0, 0.05) is 18.2 Å². The summed E-state index contributed by atoms with van der Waals surface area (Å²) in [5.41, 5.74) is 1.41. The topological polar surface area (TPSA) is 108 Å². The molecule has 0 atom stereocenters. The van der Waals surface area contributed by atoms with Gasteiger partial charge in [0.15, 0.2) is 11.5 Å². The predicted molar refractivity (Wildman–Crippen MR) is 100 cm³/mol. The third-order valence-corrected chi connectivity index (χ3v) is 5.71. The molecule has 0 fully saturated rings. The van der Waals surface area contributed by atoms with Gasteiger partial charge < -0.3 is 9.47 Å². The molecular weight excluding hydrogens is 370 g/mol. The highest BCUT2D eigenvalue weighted by molar-refractivity contribution is 7.90. The number of fused-ring (bicyclic) bond motifs is 1. The van der Waals surface area contributed by atoms with E-state index in [-0.39, 0.29) is 13.2 Å². The van der Waals surface area contributed by atoms with Crippen LogP contribution in [-0.4, -0.2) is 53.7 Å². The Kier molecular flexibility index (Phi) is 5.57. The van der Waals surface area contributed by atoms with Crippen molar-refractivity contribution < 1.29 is 17.9 Å². The summed E-state index contributed by atoms with van der Waals surface area (Å²) in [7, 11) is -1.71. The number of methoxy groups -OCH3 is 1. The molecule has 2 heterocycles. The Morgan fingerprint density at radius 2 is 1.85 bits per heavy atom. The smallest absolute Gasteiger partial charge is 0.231 e. The molecule has 0 radical (unpaired) electrons. The average molecular weight is 391 g/mol. The highest BCUT2D eigenvalue weighted by Crippen LogP contribution is 2.21. The lowest BCUT2D eigenvalue weighted by atomic mass is 10.2. The van der Waals surface area contributed by atoms with Crippen LogP contribution < -0.4 is 14.2 Å². The number of nitrogens with zero attached hydrogens (tertiary/aromatic N) is 4. The fourth-order valence-electron chi connectivity index (χ4n) is 2.28. The van der Waals surface area contributed by atoms with Crippen LogP contribution in [0.5, 0.6) is 11.6 Å². The second kappa shape index (κ2) is 7.89. The fourth-order valence-corrected chi connectivity index (χ4v) is 2.98. The maximum absolute atomic E-state index is 11.7. The third-order valence-electron chi connectivity index (χ3n) is 3.86. The van der Waals surface area contributed by atoms with Gasteiger partial charge in [-0.2, -0.15) is 4.52 Å². The van der Waals surface area contributed by atoms with Gasteiger partial charge in [0.1, 0.15) is 12.4 Å². The molecule has 2 aromatic heterocycles.